The van der Waals surface area contributed by atoms with Crippen LogP contribution in [0, 0.1) is 0 Å². The highest BCUT2D eigenvalue weighted by Gasteiger charge is 2.35. The molecule has 1 aromatic heterocycles. The number of aromatic nitrogens is 1. The van der Waals surface area contributed by atoms with Crippen molar-refractivity contribution < 1.29 is 23.7 Å². The molecule has 43 heavy (non-hydrogen) atoms. The van der Waals surface area contributed by atoms with Crippen LogP contribution in [0.4, 0.5) is 0 Å². The molecule has 0 aliphatic carbocycles. The number of fused-ring (bicyclic) bond motifs is 1. The van der Waals surface area contributed by atoms with Gasteiger partial charge in [-0.1, -0.05) is 72.5 Å². The average Bonchev–Trinajstić information content (AvgIpc) is 3.34. The largest absolute Gasteiger partial charge is 0.497 e. The number of ether oxygens (including phenoxy) is 4. The zero-order valence-electron chi connectivity index (χ0n) is 24.2. The fourth-order valence-corrected chi connectivity index (χ4v) is 5.87. The van der Waals surface area contributed by atoms with Crippen LogP contribution in [0.2, 0.25) is 0 Å². The van der Waals surface area contributed by atoms with E-state index in [9.17, 15) is 9.59 Å². The second-order valence-electron chi connectivity index (χ2n) is 9.45. The van der Waals surface area contributed by atoms with Gasteiger partial charge < -0.3 is 18.9 Å². The van der Waals surface area contributed by atoms with Gasteiger partial charge in [0.2, 0.25) is 0 Å². The van der Waals surface area contributed by atoms with E-state index >= 15 is 0 Å². The van der Waals surface area contributed by atoms with Gasteiger partial charge >= 0.3 is 5.97 Å². The minimum atomic E-state index is -0.795. The summed E-state index contributed by atoms with van der Waals surface area (Å²) in [6, 6.07) is 21.5. The topological polar surface area (TPSA) is 88.4 Å². The summed E-state index contributed by atoms with van der Waals surface area (Å²) in [6.45, 7) is 8.32. The summed E-state index contributed by atoms with van der Waals surface area (Å²) in [5.41, 5.74) is 2.65. The van der Waals surface area contributed by atoms with Crippen molar-refractivity contribution in [3.63, 3.8) is 0 Å². The van der Waals surface area contributed by atoms with Crippen LogP contribution in [0.3, 0.4) is 0 Å². The predicted molar refractivity (Wildman–Crippen MR) is 167 cm³/mol. The number of nitrogens with zero attached hydrogens (tertiary/aromatic N) is 2. The van der Waals surface area contributed by atoms with Gasteiger partial charge in [0.05, 0.1) is 42.2 Å². The van der Waals surface area contributed by atoms with Crippen LogP contribution in [0.5, 0.6) is 17.2 Å². The summed E-state index contributed by atoms with van der Waals surface area (Å²) in [5, 5.41) is 0. The number of esters is 1. The molecule has 2 heterocycles. The zero-order chi connectivity index (χ0) is 30.3. The van der Waals surface area contributed by atoms with Crippen molar-refractivity contribution in [2.75, 3.05) is 26.9 Å². The molecule has 1 atom stereocenters. The Balaban J connectivity index is 1.75. The van der Waals surface area contributed by atoms with E-state index in [2.05, 4.69) is 6.58 Å². The second kappa shape index (κ2) is 13.4. The van der Waals surface area contributed by atoms with Crippen molar-refractivity contribution in [1.29, 1.82) is 0 Å². The molecule has 5 rings (SSSR count). The van der Waals surface area contributed by atoms with Crippen LogP contribution >= 0.6 is 11.3 Å². The number of rotatable bonds is 11. The Morgan fingerprint density at radius 2 is 1.81 bits per heavy atom. The Hall–Kier alpha value is -4.89. The number of methoxy groups -OCH3 is 1. The van der Waals surface area contributed by atoms with Gasteiger partial charge in [0.25, 0.3) is 5.56 Å². The van der Waals surface area contributed by atoms with Crippen LogP contribution in [0.15, 0.2) is 101 Å². The Bertz CT molecular complexity index is 1860. The zero-order valence-corrected chi connectivity index (χ0v) is 25.1. The molecule has 220 valence electrons. The fraction of sp³-hybridized carbons (Fsp3) is 0.206. The van der Waals surface area contributed by atoms with E-state index in [-0.39, 0.29) is 17.7 Å². The molecule has 0 spiro atoms. The van der Waals surface area contributed by atoms with Gasteiger partial charge in [-0.2, -0.15) is 0 Å². The van der Waals surface area contributed by atoms with Gasteiger partial charge in [0.15, 0.2) is 16.3 Å². The molecule has 1 aliphatic heterocycles. The first-order chi connectivity index (χ1) is 21.0. The number of benzene rings is 3. The predicted octanol–water partition coefficient (Wildman–Crippen LogP) is 4.91. The van der Waals surface area contributed by atoms with Crippen molar-refractivity contribution in [3.05, 3.63) is 127 Å². The van der Waals surface area contributed by atoms with Crippen LogP contribution in [-0.4, -0.2) is 37.5 Å². The molecule has 0 bridgehead atoms. The molecule has 0 unspecified atom stereocenters. The molecule has 0 radical (unpaired) electrons. The highest BCUT2D eigenvalue weighted by atomic mass is 32.1. The summed E-state index contributed by atoms with van der Waals surface area (Å²) >= 11 is 1.25. The third kappa shape index (κ3) is 6.17. The standard InChI is InChI=1S/C34H32N2O6S/c1-5-18-42-26-17-16-22(19-27(26)40-6-2)20-28-32(37)36-31(24-14-11-15-25(21-24)39-4)29(33(38)41-7-3)30(35-34(36)43-28)23-12-9-8-10-13-23/h5,8-17,19-21,31H,1,6-7,18H2,2-4H3/b28-20-/t31-/m1/s1. The lowest BCUT2D eigenvalue weighted by atomic mass is 9.93. The van der Waals surface area contributed by atoms with Gasteiger partial charge in [-0.15, -0.1) is 0 Å². The van der Waals surface area contributed by atoms with Crippen LogP contribution in [0.1, 0.15) is 36.6 Å². The van der Waals surface area contributed by atoms with E-state index in [1.54, 1.807) is 30.8 Å². The Labute approximate surface area is 253 Å². The minimum Gasteiger partial charge on any atom is -0.497 e. The monoisotopic (exact) mass is 596 g/mol. The van der Waals surface area contributed by atoms with Crippen molar-refractivity contribution in [2.45, 2.75) is 19.9 Å². The SMILES string of the molecule is C=CCOc1ccc(/C=c2\sc3n(c2=O)[C@H](c2cccc(OC)c2)C(C(=O)OCC)=C(c2ccccc2)N=3)cc1OCC. The van der Waals surface area contributed by atoms with E-state index in [0.29, 0.717) is 51.1 Å². The maximum absolute atomic E-state index is 14.2. The Kier molecular flexibility index (Phi) is 9.22. The molecule has 8 nitrogen and oxygen atoms in total. The molecule has 4 aromatic rings. The summed E-state index contributed by atoms with van der Waals surface area (Å²) in [4.78, 5) is 33.1. The first-order valence-electron chi connectivity index (χ1n) is 13.9. The summed E-state index contributed by atoms with van der Waals surface area (Å²) in [5.74, 6) is 1.22. The van der Waals surface area contributed by atoms with Gasteiger partial charge in [0.1, 0.15) is 12.4 Å². The maximum Gasteiger partial charge on any atom is 0.338 e. The lowest BCUT2D eigenvalue weighted by Crippen LogP contribution is -2.40. The lowest BCUT2D eigenvalue weighted by Gasteiger charge is -2.26. The minimum absolute atomic E-state index is 0.175. The van der Waals surface area contributed by atoms with Gasteiger partial charge in [-0.3, -0.25) is 9.36 Å². The molecule has 9 heteroatoms. The normalized spacial score (nSPS) is 14.5. The molecule has 0 fully saturated rings. The van der Waals surface area contributed by atoms with Crippen molar-refractivity contribution in [1.82, 2.24) is 4.57 Å². The quantitative estimate of drug-likeness (QED) is 0.181. The average molecular weight is 597 g/mol. The first kappa shape index (κ1) is 29.6. The number of carbonyl (C=O) groups excluding carboxylic acids is 1. The smallest absolute Gasteiger partial charge is 0.338 e. The molecule has 0 N–H and O–H groups in total. The van der Waals surface area contributed by atoms with Crippen molar-refractivity contribution in [3.8, 4) is 17.2 Å². The molecular weight excluding hydrogens is 564 g/mol. The van der Waals surface area contributed by atoms with Crippen LogP contribution in [-0.2, 0) is 9.53 Å². The maximum atomic E-state index is 14.2. The summed E-state index contributed by atoms with van der Waals surface area (Å²) < 4.78 is 24.6. The second-order valence-corrected chi connectivity index (χ2v) is 10.5. The molecule has 1 aliphatic rings. The molecule has 0 amide bonds. The van der Waals surface area contributed by atoms with E-state index in [0.717, 1.165) is 11.1 Å². The first-order valence-corrected chi connectivity index (χ1v) is 14.7. The molecule has 0 saturated heterocycles. The van der Waals surface area contributed by atoms with Gasteiger partial charge in [-0.05, 0) is 55.3 Å². The van der Waals surface area contributed by atoms with E-state index in [1.165, 1.54) is 11.3 Å². The fourth-order valence-electron chi connectivity index (χ4n) is 4.87. The summed E-state index contributed by atoms with van der Waals surface area (Å²) in [7, 11) is 1.58. The number of thiazole rings is 1. The number of hydrogen-bond donors (Lipinski definition) is 0. The molecule has 0 saturated carbocycles. The number of hydrogen-bond acceptors (Lipinski definition) is 8. The third-order valence-electron chi connectivity index (χ3n) is 6.71. The molecule has 3 aromatic carbocycles. The summed E-state index contributed by atoms with van der Waals surface area (Å²) in [6.07, 6.45) is 3.46. The van der Waals surface area contributed by atoms with Crippen molar-refractivity contribution >= 4 is 29.1 Å². The highest BCUT2D eigenvalue weighted by Crippen LogP contribution is 2.36. The lowest BCUT2D eigenvalue weighted by molar-refractivity contribution is -0.138. The highest BCUT2D eigenvalue weighted by molar-refractivity contribution is 7.07. The van der Waals surface area contributed by atoms with Gasteiger partial charge in [-0.25, -0.2) is 9.79 Å². The Morgan fingerprint density at radius 3 is 2.53 bits per heavy atom. The van der Waals surface area contributed by atoms with E-state index in [1.807, 2.05) is 79.7 Å². The van der Waals surface area contributed by atoms with Crippen LogP contribution in [0.25, 0.3) is 11.8 Å². The Morgan fingerprint density at radius 1 is 1.00 bits per heavy atom. The van der Waals surface area contributed by atoms with Gasteiger partial charge in [0, 0.05) is 5.56 Å². The molecular formula is C34H32N2O6S. The van der Waals surface area contributed by atoms with Crippen LogP contribution < -0.4 is 29.1 Å². The third-order valence-corrected chi connectivity index (χ3v) is 7.69. The van der Waals surface area contributed by atoms with E-state index < -0.39 is 12.0 Å². The van der Waals surface area contributed by atoms with Crippen molar-refractivity contribution in [2.24, 2.45) is 4.99 Å². The number of carbonyl (C=O) groups is 1. The van der Waals surface area contributed by atoms with E-state index in [4.69, 9.17) is 23.9 Å².